The van der Waals surface area contributed by atoms with Crippen LogP contribution in [0.1, 0.15) is 38.5 Å². The fourth-order valence-electron chi connectivity index (χ4n) is 4.08. The molecule has 2 aliphatic rings. The van der Waals surface area contributed by atoms with Crippen molar-refractivity contribution in [1.29, 1.82) is 0 Å². The number of hydrogen-bond donors (Lipinski definition) is 2. The van der Waals surface area contributed by atoms with Crippen LogP contribution in [0.3, 0.4) is 0 Å². The average molecular weight is 326 g/mol. The lowest BCUT2D eigenvalue weighted by Gasteiger charge is -2.40. The fraction of sp³-hybridized carbons (Fsp3) is 0.588. The molecule has 1 heterocycles. The van der Waals surface area contributed by atoms with Crippen molar-refractivity contribution < 1.29 is 14.1 Å². The van der Waals surface area contributed by atoms with Crippen molar-refractivity contribution in [3.63, 3.8) is 0 Å². The van der Waals surface area contributed by atoms with Gasteiger partial charge in [-0.2, -0.15) is 0 Å². The molecule has 3 nitrogen and oxygen atoms in total. The molecular formula is C17H23ClFN2O+. The number of fused-ring (bicyclic) bond motifs is 1. The van der Waals surface area contributed by atoms with Crippen LogP contribution >= 0.6 is 11.6 Å². The number of anilines is 1. The first kappa shape index (κ1) is 15.8. The molecule has 0 aromatic heterocycles. The molecule has 3 rings (SSSR count). The van der Waals surface area contributed by atoms with Gasteiger partial charge in [-0.3, -0.25) is 4.79 Å². The number of hydrogen-bond acceptors (Lipinski definition) is 1. The smallest absolute Gasteiger partial charge is 0.279 e. The molecule has 5 heteroatoms. The van der Waals surface area contributed by atoms with Crippen molar-refractivity contribution in [2.45, 2.75) is 44.6 Å². The summed E-state index contributed by atoms with van der Waals surface area (Å²) in [6.07, 6.45) is 7.62. The summed E-state index contributed by atoms with van der Waals surface area (Å²) in [5, 5.41) is 3.10. The van der Waals surface area contributed by atoms with Crippen LogP contribution in [0.4, 0.5) is 10.1 Å². The molecule has 1 aliphatic carbocycles. The van der Waals surface area contributed by atoms with Gasteiger partial charge in [0.2, 0.25) is 0 Å². The van der Waals surface area contributed by atoms with Gasteiger partial charge in [0.05, 0.1) is 18.3 Å². The van der Waals surface area contributed by atoms with E-state index in [2.05, 4.69) is 5.32 Å². The second-order valence-corrected chi connectivity index (χ2v) is 6.99. The molecule has 2 fully saturated rings. The number of amides is 1. The Morgan fingerprint density at radius 2 is 2.05 bits per heavy atom. The van der Waals surface area contributed by atoms with E-state index in [0.717, 1.165) is 12.5 Å². The molecule has 0 spiro atoms. The minimum Gasteiger partial charge on any atom is -0.324 e. The number of rotatable bonds is 3. The normalized spacial score (nSPS) is 28.0. The van der Waals surface area contributed by atoms with Crippen molar-refractivity contribution in [2.24, 2.45) is 5.92 Å². The molecule has 0 bridgehead atoms. The number of halogens is 2. The highest BCUT2D eigenvalue weighted by Crippen LogP contribution is 2.28. The predicted octanol–water partition coefficient (Wildman–Crippen LogP) is 2.66. The van der Waals surface area contributed by atoms with Gasteiger partial charge in [0, 0.05) is 10.9 Å². The third kappa shape index (κ3) is 3.61. The molecule has 1 unspecified atom stereocenters. The summed E-state index contributed by atoms with van der Waals surface area (Å²) >= 11 is 5.86. The van der Waals surface area contributed by atoms with E-state index in [1.165, 1.54) is 61.6 Å². The van der Waals surface area contributed by atoms with Gasteiger partial charge in [0.1, 0.15) is 5.82 Å². The first-order valence-corrected chi connectivity index (χ1v) is 8.61. The second kappa shape index (κ2) is 6.97. The summed E-state index contributed by atoms with van der Waals surface area (Å²) in [4.78, 5) is 13.6. The van der Waals surface area contributed by atoms with Crippen LogP contribution in [-0.2, 0) is 4.79 Å². The van der Waals surface area contributed by atoms with Gasteiger partial charge in [-0.25, -0.2) is 4.39 Å². The maximum Gasteiger partial charge on any atom is 0.279 e. The average Bonchev–Trinajstić information content (AvgIpc) is 2.51. The zero-order chi connectivity index (χ0) is 15.5. The Kier molecular flexibility index (Phi) is 4.99. The van der Waals surface area contributed by atoms with E-state index in [4.69, 9.17) is 11.6 Å². The number of piperidine rings is 1. The maximum absolute atomic E-state index is 13.7. The Morgan fingerprint density at radius 1 is 1.27 bits per heavy atom. The molecule has 1 aromatic rings. The van der Waals surface area contributed by atoms with Crippen molar-refractivity contribution in [2.75, 3.05) is 18.4 Å². The summed E-state index contributed by atoms with van der Waals surface area (Å²) in [5.41, 5.74) is 0.175. The van der Waals surface area contributed by atoms with E-state index in [1.807, 2.05) is 0 Å². The quantitative estimate of drug-likeness (QED) is 0.880. The molecule has 1 amide bonds. The molecular weight excluding hydrogens is 303 g/mol. The number of quaternary nitrogens is 1. The molecule has 2 N–H and O–H groups in total. The molecule has 3 atom stereocenters. The van der Waals surface area contributed by atoms with Crippen molar-refractivity contribution in [3.8, 4) is 0 Å². The summed E-state index contributed by atoms with van der Waals surface area (Å²) in [7, 11) is 0. The molecule has 1 aliphatic heterocycles. The fourth-order valence-corrected chi connectivity index (χ4v) is 4.25. The van der Waals surface area contributed by atoms with Crippen LogP contribution < -0.4 is 10.2 Å². The standard InChI is InChI=1S/C17H22ClFN2O/c18-13-7-8-14(19)15(10-13)20-17(22)11-21-9-3-5-12-4-1-2-6-16(12)21/h7-8,10,12,16H,1-6,9,11H2,(H,20,22)/p+1/t12-,16+/m1/s1. The van der Waals surface area contributed by atoms with E-state index in [-0.39, 0.29) is 11.6 Å². The predicted molar refractivity (Wildman–Crippen MR) is 85.7 cm³/mol. The van der Waals surface area contributed by atoms with Gasteiger partial charge >= 0.3 is 0 Å². The zero-order valence-electron chi connectivity index (χ0n) is 12.7. The molecule has 120 valence electrons. The minimum absolute atomic E-state index is 0.123. The highest BCUT2D eigenvalue weighted by molar-refractivity contribution is 6.30. The number of carbonyl (C=O) groups excluding carboxylic acids is 1. The number of likely N-dealkylation sites (tertiary alicyclic amines) is 1. The Labute approximate surface area is 135 Å². The monoisotopic (exact) mass is 325 g/mol. The maximum atomic E-state index is 13.7. The van der Waals surface area contributed by atoms with E-state index < -0.39 is 5.82 Å². The number of nitrogens with one attached hydrogen (secondary N) is 2. The van der Waals surface area contributed by atoms with E-state index in [0.29, 0.717) is 17.6 Å². The van der Waals surface area contributed by atoms with Crippen LogP contribution in [0, 0.1) is 11.7 Å². The minimum atomic E-state index is -0.443. The Morgan fingerprint density at radius 3 is 2.91 bits per heavy atom. The van der Waals surface area contributed by atoms with Crippen molar-refractivity contribution in [1.82, 2.24) is 0 Å². The van der Waals surface area contributed by atoms with Gasteiger partial charge in [0.15, 0.2) is 6.54 Å². The van der Waals surface area contributed by atoms with Crippen LogP contribution in [0.2, 0.25) is 5.02 Å². The topological polar surface area (TPSA) is 33.5 Å². The summed E-state index contributed by atoms with van der Waals surface area (Å²) in [5.74, 6) is 0.206. The highest BCUT2D eigenvalue weighted by atomic mass is 35.5. The largest absolute Gasteiger partial charge is 0.324 e. The van der Waals surface area contributed by atoms with Gasteiger partial charge in [-0.15, -0.1) is 0 Å². The SMILES string of the molecule is O=C(C[NH+]1CCC[C@H]2CCCC[C@@H]21)Nc1cc(Cl)ccc1F. The molecule has 1 saturated heterocycles. The Bertz CT molecular complexity index is 549. The number of carbonyl (C=O) groups is 1. The van der Waals surface area contributed by atoms with E-state index >= 15 is 0 Å². The third-order valence-corrected chi connectivity index (χ3v) is 5.33. The third-order valence-electron chi connectivity index (χ3n) is 5.10. The zero-order valence-corrected chi connectivity index (χ0v) is 13.5. The van der Waals surface area contributed by atoms with Crippen molar-refractivity contribution in [3.05, 3.63) is 29.0 Å². The number of benzene rings is 1. The molecule has 0 radical (unpaired) electrons. The van der Waals surface area contributed by atoms with E-state index in [9.17, 15) is 9.18 Å². The lowest BCUT2D eigenvalue weighted by atomic mass is 9.78. The van der Waals surface area contributed by atoms with Gasteiger partial charge in [-0.05, 0) is 50.3 Å². The lowest BCUT2D eigenvalue weighted by Crippen LogP contribution is -3.18. The van der Waals surface area contributed by atoms with Gasteiger partial charge in [0.25, 0.3) is 5.91 Å². The molecule has 1 aromatic carbocycles. The summed E-state index contributed by atoms with van der Waals surface area (Å²) in [6.45, 7) is 1.47. The summed E-state index contributed by atoms with van der Waals surface area (Å²) < 4.78 is 13.7. The van der Waals surface area contributed by atoms with E-state index in [1.54, 1.807) is 0 Å². The molecule has 1 saturated carbocycles. The van der Waals surface area contributed by atoms with Crippen LogP contribution in [-0.4, -0.2) is 25.0 Å². The van der Waals surface area contributed by atoms with Gasteiger partial charge in [-0.1, -0.05) is 18.0 Å². The van der Waals surface area contributed by atoms with Crippen LogP contribution in [0.25, 0.3) is 0 Å². The Balaban J connectivity index is 1.62. The first-order valence-electron chi connectivity index (χ1n) is 8.23. The summed E-state index contributed by atoms with van der Waals surface area (Å²) in [6, 6.07) is 4.83. The van der Waals surface area contributed by atoms with Gasteiger partial charge < -0.3 is 10.2 Å². The lowest BCUT2D eigenvalue weighted by molar-refractivity contribution is -0.928. The molecule has 22 heavy (non-hydrogen) atoms. The second-order valence-electron chi connectivity index (χ2n) is 6.55. The highest BCUT2D eigenvalue weighted by Gasteiger charge is 2.37. The Hall–Kier alpha value is -1.13. The first-order chi connectivity index (χ1) is 10.6. The van der Waals surface area contributed by atoms with Crippen LogP contribution in [0.15, 0.2) is 18.2 Å². The van der Waals surface area contributed by atoms with Crippen molar-refractivity contribution >= 4 is 23.2 Å². The van der Waals surface area contributed by atoms with Crippen LogP contribution in [0.5, 0.6) is 0 Å².